The van der Waals surface area contributed by atoms with E-state index in [0.29, 0.717) is 11.6 Å². The summed E-state index contributed by atoms with van der Waals surface area (Å²) < 4.78 is 0. The number of carbonyl (C=O) groups is 2. The molecule has 1 unspecified atom stereocenters. The number of aliphatic hydroxyl groups excluding tert-OH is 1. The van der Waals surface area contributed by atoms with Crippen molar-refractivity contribution in [2.45, 2.75) is 19.3 Å². The molecule has 110 valence electrons. The van der Waals surface area contributed by atoms with Crippen molar-refractivity contribution in [1.82, 2.24) is 15.2 Å². The van der Waals surface area contributed by atoms with Crippen LogP contribution in [0.2, 0.25) is 0 Å². The third kappa shape index (κ3) is 4.18. The lowest BCUT2D eigenvalue weighted by Gasteiger charge is -2.31. The van der Waals surface area contributed by atoms with Gasteiger partial charge in [-0.1, -0.05) is 0 Å². The molecule has 0 aliphatic carbocycles. The largest absolute Gasteiger partial charge is 0.396 e. The summed E-state index contributed by atoms with van der Waals surface area (Å²) in [4.78, 5) is 28.4. The van der Waals surface area contributed by atoms with E-state index in [0.717, 1.165) is 32.4 Å². The van der Waals surface area contributed by atoms with Crippen LogP contribution in [0, 0.1) is 5.92 Å². The van der Waals surface area contributed by atoms with E-state index in [4.69, 9.17) is 5.11 Å². The van der Waals surface area contributed by atoms with Crippen molar-refractivity contribution in [3.8, 4) is 0 Å². The number of nitrogens with one attached hydrogen (secondary N) is 2. The fourth-order valence-corrected chi connectivity index (χ4v) is 2.62. The van der Waals surface area contributed by atoms with Crippen molar-refractivity contribution in [3.63, 3.8) is 0 Å². The minimum atomic E-state index is -0.399. The van der Waals surface area contributed by atoms with Gasteiger partial charge in [-0.25, -0.2) is 0 Å². The highest BCUT2D eigenvalue weighted by molar-refractivity contribution is 6.04. The Kier molecular flexibility index (Phi) is 5.31. The van der Waals surface area contributed by atoms with E-state index in [2.05, 4.69) is 10.3 Å². The van der Waals surface area contributed by atoms with Crippen LogP contribution in [-0.2, 0) is 4.79 Å². The number of likely N-dealkylation sites (tertiary alicyclic amines) is 1. The Morgan fingerprint density at radius 2 is 2.35 bits per heavy atom. The zero-order valence-corrected chi connectivity index (χ0v) is 11.5. The number of aliphatic hydroxyl groups is 1. The van der Waals surface area contributed by atoms with Crippen LogP contribution >= 0.6 is 0 Å². The van der Waals surface area contributed by atoms with Crippen molar-refractivity contribution in [1.29, 1.82) is 0 Å². The van der Waals surface area contributed by atoms with Crippen molar-refractivity contribution in [3.05, 3.63) is 24.0 Å². The molecule has 3 N–H and O–H groups in total. The minimum absolute atomic E-state index is 0.190. The van der Waals surface area contributed by atoms with Gasteiger partial charge in [0, 0.05) is 19.3 Å². The smallest absolute Gasteiger partial charge is 0.274 e. The van der Waals surface area contributed by atoms with Gasteiger partial charge in [-0.3, -0.25) is 19.8 Å². The number of hydrogen-bond donors (Lipinski definition) is 3. The lowest BCUT2D eigenvalue weighted by atomic mass is 9.95. The van der Waals surface area contributed by atoms with E-state index in [1.165, 1.54) is 0 Å². The molecule has 6 heteroatoms. The second kappa shape index (κ2) is 7.21. The minimum Gasteiger partial charge on any atom is -0.396 e. The molecule has 6 nitrogen and oxygen atoms in total. The number of nitrogens with zero attached hydrogens (tertiary/aromatic N) is 1. The summed E-state index contributed by atoms with van der Waals surface area (Å²) in [5.74, 6) is -0.237. The number of carbonyl (C=O) groups excluding carboxylic acids is 2. The number of piperidine rings is 1. The molecule has 1 atom stereocenters. The molecule has 0 spiro atoms. The van der Waals surface area contributed by atoms with Crippen LogP contribution in [0.4, 0.5) is 0 Å². The van der Waals surface area contributed by atoms with Gasteiger partial charge in [-0.05, 0) is 43.9 Å². The monoisotopic (exact) mass is 279 g/mol. The molecule has 2 amide bonds. The maximum Gasteiger partial charge on any atom is 0.274 e. The maximum atomic E-state index is 11.8. The Hall–Kier alpha value is -1.66. The molecule has 20 heavy (non-hydrogen) atoms. The number of amides is 2. The predicted octanol–water partition coefficient (Wildman–Crippen LogP) is 0.365. The van der Waals surface area contributed by atoms with Gasteiger partial charge >= 0.3 is 0 Å². The molecule has 0 radical (unpaired) electrons. The average molecular weight is 279 g/mol. The van der Waals surface area contributed by atoms with Gasteiger partial charge in [0.15, 0.2) is 0 Å². The molecule has 2 rings (SSSR count). The first-order valence-electron chi connectivity index (χ1n) is 7.00. The molecule has 1 saturated heterocycles. The van der Waals surface area contributed by atoms with Gasteiger partial charge in [0.25, 0.3) is 5.91 Å². The summed E-state index contributed by atoms with van der Waals surface area (Å²) in [6.07, 6.45) is 4.55. The number of hydrogen-bond acceptors (Lipinski definition) is 4. The van der Waals surface area contributed by atoms with Crippen molar-refractivity contribution in [2.75, 3.05) is 26.2 Å². The summed E-state index contributed by atoms with van der Waals surface area (Å²) in [6, 6.07) is 3.34. The molecule has 1 aromatic rings. The number of aromatic amines is 1. The Balaban J connectivity index is 1.78. The van der Waals surface area contributed by atoms with Gasteiger partial charge in [0.05, 0.1) is 6.54 Å². The quantitative estimate of drug-likeness (QED) is 0.727. The van der Waals surface area contributed by atoms with Crippen molar-refractivity contribution in [2.24, 2.45) is 5.92 Å². The molecule has 1 fully saturated rings. The SMILES string of the molecule is O=C(CN1CCCC(CCO)C1)NC(=O)c1ccc[nH]1. The zero-order valence-electron chi connectivity index (χ0n) is 11.5. The van der Waals surface area contributed by atoms with Gasteiger partial charge < -0.3 is 10.1 Å². The molecule has 1 aliphatic rings. The first kappa shape index (κ1) is 14.7. The van der Waals surface area contributed by atoms with E-state index in [1.807, 2.05) is 4.90 Å². The molecule has 1 aromatic heterocycles. The fourth-order valence-electron chi connectivity index (χ4n) is 2.62. The van der Waals surface area contributed by atoms with Crippen molar-refractivity contribution >= 4 is 11.8 Å². The highest BCUT2D eigenvalue weighted by atomic mass is 16.3. The third-order valence-electron chi connectivity index (χ3n) is 3.60. The summed E-state index contributed by atoms with van der Waals surface area (Å²) in [6.45, 7) is 2.10. The lowest BCUT2D eigenvalue weighted by Crippen LogP contribution is -2.44. The first-order valence-corrected chi connectivity index (χ1v) is 7.00. The van der Waals surface area contributed by atoms with Crippen molar-refractivity contribution < 1.29 is 14.7 Å². The number of H-pyrrole nitrogens is 1. The van der Waals surface area contributed by atoms with Crippen LogP contribution in [-0.4, -0.2) is 53.0 Å². The van der Waals surface area contributed by atoms with E-state index < -0.39 is 5.91 Å². The second-order valence-corrected chi connectivity index (χ2v) is 5.22. The summed E-state index contributed by atoms with van der Waals surface area (Å²) in [5.41, 5.74) is 0.384. The standard InChI is InChI=1S/C14H21N3O3/c18-8-5-11-3-2-7-17(9-11)10-13(19)16-14(20)12-4-1-6-15-12/h1,4,6,11,15,18H,2-3,5,7-10H2,(H,16,19,20). The molecule has 2 heterocycles. The predicted molar refractivity (Wildman–Crippen MR) is 74.1 cm³/mol. The Morgan fingerprint density at radius 3 is 3.05 bits per heavy atom. The van der Waals surface area contributed by atoms with E-state index in [9.17, 15) is 9.59 Å². The van der Waals surface area contributed by atoms with E-state index in [-0.39, 0.29) is 19.1 Å². The van der Waals surface area contributed by atoms with E-state index in [1.54, 1.807) is 18.3 Å². The number of aromatic nitrogens is 1. The Labute approximate surface area is 118 Å². The van der Waals surface area contributed by atoms with Crippen LogP contribution in [0.1, 0.15) is 29.8 Å². The summed E-state index contributed by atoms with van der Waals surface area (Å²) >= 11 is 0. The highest BCUT2D eigenvalue weighted by Crippen LogP contribution is 2.18. The fraction of sp³-hybridized carbons (Fsp3) is 0.571. The highest BCUT2D eigenvalue weighted by Gasteiger charge is 2.22. The average Bonchev–Trinajstić information content (AvgIpc) is 2.93. The zero-order chi connectivity index (χ0) is 14.4. The van der Waals surface area contributed by atoms with Crippen LogP contribution in [0.5, 0.6) is 0 Å². The van der Waals surface area contributed by atoms with Crippen LogP contribution in [0.3, 0.4) is 0 Å². The van der Waals surface area contributed by atoms with E-state index >= 15 is 0 Å². The first-order chi connectivity index (χ1) is 9.69. The summed E-state index contributed by atoms with van der Waals surface area (Å²) in [5, 5.41) is 11.3. The van der Waals surface area contributed by atoms with Crippen LogP contribution in [0.25, 0.3) is 0 Å². The molecular formula is C14H21N3O3. The second-order valence-electron chi connectivity index (χ2n) is 5.22. The van der Waals surface area contributed by atoms with Crippen LogP contribution < -0.4 is 5.32 Å². The third-order valence-corrected chi connectivity index (χ3v) is 3.60. The normalized spacial score (nSPS) is 19.8. The lowest BCUT2D eigenvalue weighted by molar-refractivity contribution is -0.121. The number of rotatable bonds is 5. The topological polar surface area (TPSA) is 85.4 Å². The maximum absolute atomic E-state index is 11.8. The van der Waals surface area contributed by atoms with Gasteiger partial charge in [-0.15, -0.1) is 0 Å². The van der Waals surface area contributed by atoms with Crippen LogP contribution in [0.15, 0.2) is 18.3 Å². The van der Waals surface area contributed by atoms with Gasteiger partial charge in [0.2, 0.25) is 5.91 Å². The molecule has 0 aromatic carbocycles. The molecule has 1 aliphatic heterocycles. The molecule has 0 bridgehead atoms. The molecular weight excluding hydrogens is 258 g/mol. The molecule has 0 saturated carbocycles. The Morgan fingerprint density at radius 1 is 1.50 bits per heavy atom. The van der Waals surface area contributed by atoms with Gasteiger partial charge in [0.1, 0.15) is 5.69 Å². The Bertz CT molecular complexity index is 443. The van der Waals surface area contributed by atoms with Gasteiger partial charge in [-0.2, -0.15) is 0 Å². The summed E-state index contributed by atoms with van der Waals surface area (Å²) in [7, 11) is 0. The number of imide groups is 1.